The van der Waals surface area contributed by atoms with Crippen LogP contribution < -0.4 is 9.80 Å². The molecule has 0 spiro atoms. The van der Waals surface area contributed by atoms with E-state index in [1.165, 1.54) is 18.2 Å². The lowest BCUT2D eigenvalue weighted by atomic mass is 10.1. The highest BCUT2D eigenvalue weighted by Crippen LogP contribution is 2.40. The predicted molar refractivity (Wildman–Crippen MR) is 98.7 cm³/mol. The summed E-state index contributed by atoms with van der Waals surface area (Å²) in [5.41, 5.74) is -0.0541. The molecule has 0 aromatic heterocycles. The number of fused-ring (bicyclic) bond motifs is 1. The van der Waals surface area contributed by atoms with Gasteiger partial charge in [-0.05, 0) is 37.4 Å². The fourth-order valence-electron chi connectivity index (χ4n) is 3.60. The lowest BCUT2D eigenvalue weighted by molar-refractivity contribution is -0.137. The molecule has 1 fully saturated rings. The van der Waals surface area contributed by atoms with Crippen molar-refractivity contribution in [3.05, 3.63) is 59.2 Å². The first kappa shape index (κ1) is 18.5. The SMILES string of the molecule is CN1CCN(c2ccc(C(F)(F)F)cc2N2C(=O)c3ccccc3C2=O)CC1. The Balaban J connectivity index is 1.82. The molecule has 0 atom stereocenters. The number of piperazine rings is 1. The third-order valence-corrected chi connectivity index (χ3v) is 5.18. The van der Waals surface area contributed by atoms with Crippen LogP contribution in [0, 0.1) is 0 Å². The zero-order valence-corrected chi connectivity index (χ0v) is 15.2. The summed E-state index contributed by atoms with van der Waals surface area (Å²) in [4.78, 5) is 30.6. The third-order valence-electron chi connectivity index (χ3n) is 5.18. The zero-order valence-electron chi connectivity index (χ0n) is 15.2. The molecule has 146 valence electrons. The molecule has 1 saturated heterocycles. The number of alkyl halides is 3. The Hall–Kier alpha value is -2.87. The van der Waals surface area contributed by atoms with E-state index in [0.29, 0.717) is 18.8 Å². The lowest BCUT2D eigenvalue weighted by Gasteiger charge is -2.36. The maximum absolute atomic E-state index is 13.3. The van der Waals surface area contributed by atoms with Gasteiger partial charge in [0.25, 0.3) is 11.8 Å². The molecule has 0 aliphatic carbocycles. The number of anilines is 2. The van der Waals surface area contributed by atoms with Crippen molar-refractivity contribution in [1.82, 2.24) is 4.90 Å². The van der Waals surface area contributed by atoms with Gasteiger partial charge in [0.2, 0.25) is 0 Å². The maximum atomic E-state index is 13.3. The van der Waals surface area contributed by atoms with Crippen molar-refractivity contribution < 1.29 is 22.8 Å². The standard InChI is InChI=1S/C20H18F3N3O2/c1-24-8-10-25(11-9-24)16-7-6-13(20(21,22)23)12-17(16)26-18(27)14-4-2-3-5-15(14)19(26)28/h2-7,12H,8-11H2,1H3. The van der Waals surface area contributed by atoms with E-state index >= 15 is 0 Å². The number of halogens is 3. The van der Waals surface area contributed by atoms with Crippen LogP contribution in [-0.2, 0) is 6.18 Å². The van der Waals surface area contributed by atoms with E-state index in [4.69, 9.17) is 0 Å². The molecule has 8 heteroatoms. The summed E-state index contributed by atoms with van der Waals surface area (Å²) in [6.45, 7) is 2.67. The topological polar surface area (TPSA) is 43.9 Å². The molecule has 2 aromatic carbocycles. The molecule has 28 heavy (non-hydrogen) atoms. The second-order valence-electron chi connectivity index (χ2n) is 6.98. The number of benzene rings is 2. The lowest BCUT2D eigenvalue weighted by Crippen LogP contribution is -2.45. The van der Waals surface area contributed by atoms with Crippen LogP contribution in [0.5, 0.6) is 0 Å². The molecule has 2 heterocycles. The molecular formula is C20H18F3N3O2. The smallest absolute Gasteiger partial charge is 0.367 e. The number of carbonyl (C=O) groups is 2. The monoisotopic (exact) mass is 389 g/mol. The number of imide groups is 1. The molecule has 2 aliphatic rings. The number of likely N-dealkylation sites (N-methyl/N-ethyl adjacent to an activating group) is 1. The van der Waals surface area contributed by atoms with Crippen molar-refractivity contribution in [3.63, 3.8) is 0 Å². The second kappa shape index (κ2) is 6.63. The minimum Gasteiger partial charge on any atom is -0.367 e. The van der Waals surface area contributed by atoms with Crippen LogP contribution >= 0.6 is 0 Å². The van der Waals surface area contributed by atoms with E-state index in [1.807, 2.05) is 11.9 Å². The number of hydrogen-bond donors (Lipinski definition) is 0. The molecule has 0 saturated carbocycles. The van der Waals surface area contributed by atoms with E-state index in [0.717, 1.165) is 30.1 Å². The summed E-state index contributed by atoms with van der Waals surface area (Å²) in [5.74, 6) is -1.20. The van der Waals surface area contributed by atoms with Crippen molar-refractivity contribution in [1.29, 1.82) is 0 Å². The van der Waals surface area contributed by atoms with Gasteiger partial charge in [-0.2, -0.15) is 13.2 Å². The summed E-state index contributed by atoms with van der Waals surface area (Å²) in [7, 11) is 1.97. The number of carbonyl (C=O) groups excluding carboxylic acids is 2. The van der Waals surface area contributed by atoms with Gasteiger partial charge in [-0.3, -0.25) is 9.59 Å². The number of rotatable bonds is 2. The fraction of sp³-hybridized carbons (Fsp3) is 0.300. The average molecular weight is 389 g/mol. The van der Waals surface area contributed by atoms with Gasteiger partial charge in [-0.25, -0.2) is 4.90 Å². The molecule has 5 nitrogen and oxygen atoms in total. The van der Waals surface area contributed by atoms with Gasteiger partial charge in [-0.1, -0.05) is 12.1 Å². The molecule has 0 unspecified atom stereocenters. The van der Waals surface area contributed by atoms with Crippen LogP contribution in [0.1, 0.15) is 26.3 Å². The van der Waals surface area contributed by atoms with E-state index in [9.17, 15) is 22.8 Å². The molecule has 0 bridgehead atoms. The van der Waals surface area contributed by atoms with E-state index in [1.54, 1.807) is 12.1 Å². The zero-order chi connectivity index (χ0) is 20.1. The van der Waals surface area contributed by atoms with Crippen molar-refractivity contribution in [2.24, 2.45) is 0 Å². The van der Waals surface area contributed by atoms with Gasteiger partial charge in [0.15, 0.2) is 0 Å². The molecule has 2 amide bonds. The van der Waals surface area contributed by atoms with Crippen LogP contribution in [-0.4, -0.2) is 49.9 Å². The van der Waals surface area contributed by atoms with Gasteiger partial charge in [0.05, 0.1) is 28.1 Å². The molecule has 4 rings (SSSR count). The second-order valence-corrected chi connectivity index (χ2v) is 6.98. The molecule has 0 radical (unpaired) electrons. The third kappa shape index (κ3) is 3.03. The largest absolute Gasteiger partial charge is 0.416 e. The van der Waals surface area contributed by atoms with E-state index in [2.05, 4.69) is 4.90 Å². The molecule has 2 aromatic rings. The normalized spacial score (nSPS) is 18.0. The number of nitrogens with zero attached hydrogens (tertiary/aromatic N) is 3. The molecule has 0 N–H and O–H groups in total. The summed E-state index contributed by atoms with van der Waals surface area (Å²) in [6.07, 6.45) is -4.58. The highest BCUT2D eigenvalue weighted by Gasteiger charge is 2.40. The van der Waals surface area contributed by atoms with Crippen LogP contribution in [0.3, 0.4) is 0 Å². The van der Waals surface area contributed by atoms with Crippen LogP contribution in [0.2, 0.25) is 0 Å². The van der Waals surface area contributed by atoms with Gasteiger partial charge in [-0.15, -0.1) is 0 Å². The minimum absolute atomic E-state index is 0.0226. The van der Waals surface area contributed by atoms with Crippen molar-refractivity contribution in [3.8, 4) is 0 Å². The van der Waals surface area contributed by atoms with Crippen LogP contribution in [0.4, 0.5) is 24.5 Å². The number of hydrogen-bond acceptors (Lipinski definition) is 4. The summed E-state index contributed by atoms with van der Waals surface area (Å²) >= 11 is 0. The van der Waals surface area contributed by atoms with Gasteiger partial charge in [0, 0.05) is 26.2 Å². The fourth-order valence-corrected chi connectivity index (χ4v) is 3.60. The average Bonchev–Trinajstić information content (AvgIpc) is 2.92. The molecular weight excluding hydrogens is 371 g/mol. The van der Waals surface area contributed by atoms with Gasteiger partial charge in [0.1, 0.15) is 0 Å². The summed E-state index contributed by atoms with van der Waals surface area (Å²) < 4.78 is 40.0. The molecule has 2 aliphatic heterocycles. The quantitative estimate of drug-likeness (QED) is 0.740. The Labute approximate surface area is 159 Å². The summed E-state index contributed by atoms with van der Waals surface area (Å²) in [6, 6.07) is 9.52. The maximum Gasteiger partial charge on any atom is 0.416 e. The van der Waals surface area contributed by atoms with Crippen molar-refractivity contribution in [2.45, 2.75) is 6.18 Å². The van der Waals surface area contributed by atoms with E-state index in [-0.39, 0.29) is 16.8 Å². The first-order chi connectivity index (χ1) is 13.3. The van der Waals surface area contributed by atoms with Gasteiger partial charge >= 0.3 is 6.18 Å². The highest BCUT2D eigenvalue weighted by molar-refractivity contribution is 6.35. The predicted octanol–water partition coefficient (Wildman–Crippen LogP) is 3.26. The first-order valence-corrected chi connectivity index (χ1v) is 8.90. The Morgan fingerprint density at radius 3 is 1.93 bits per heavy atom. The Morgan fingerprint density at radius 2 is 1.39 bits per heavy atom. The van der Waals surface area contributed by atoms with Gasteiger partial charge < -0.3 is 9.80 Å². The highest BCUT2D eigenvalue weighted by atomic mass is 19.4. The minimum atomic E-state index is -4.58. The van der Waals surface area contributed by atoms with E-state index < -0.39 is 23.6 Å². The van der Waals surface area contributed by atoms with Crippen molar-refractivity contribution >= 4 is 23.2 Å². The number of amides is 2. The van der Waals surface area contributed by atoms with Crippen molar-refractivity contribution in [2.75, 3.05) is 43.0 Å². The van der Waals surface area contributed by atoms with Crippen LogP contribution in [0.15, 0.2) is 42.5 Å². The first-order valence-electron chi connectivity index (χ1n) is 8.90. The summed E-state index contributed by atoms with van der Waals surface area (Å²) in [5, 5.41) is 0. The Kier molecular flexibility index (Phi) is 4.38. The van der Waals surface area contributed by atoms with Crippen LogP contribution in [0.25, 0.3) is 0 Å². The Bertz CT molecular complexity index is 915. The Morgan fingerprint density at radius 1 is 0.821 bits per heavy atom.